The third-order valence-electron chi connectivity index (χ3n) is 2.92. The molecular weight excluding hydrogens is 348 g/mol. The molecule has 1 N–H and O–H groups in total. The van der Waals surface area contributed by atoms with Crippen molar-refractivity contribution in [1.29, 1.82) is 0 Å². The molecule has 0 atom stereocenters. The predicted octanol–water partition coefficient (Wildman–Crippen LogP) is 3.23. The van der Waals surface area contributed by atoms with E-state index in [0.29, 0.717) is 27.1 Å². The third kappa shape index (κ3) is 3.65. The molecule has 0 aliphatic heterocycles. The molecule has 114 valence electrons. The highest BCUT2D eigenvalue weighted by Crippen LogP contribution is 2.29. The van der Waals surface area contributed by atoms with Crippen LogP contribution < -0.4 is 14.9 Å². The van der Waals surface area contributed by atoms with Gasteiger partial charge in [0.25, 0.3) is 5.91 Å². The molecule has 5 nitrogen and oxygen atoms in total. The molecule has 2 rings (SSSR count). The summed E-state index contributed by atoms with van der Waals surface area (Å²) in [6.07, 6.45) is 1.51. The highest BCUT2D eigenvalue weighted by Gasteiger charge is 2.09. The molecule has 0 aromatic heterocycles. The predicted molar refractivity (Wildman–Crippen MR) is 88.7 cm³/mol. The smallest absolute Gasteiger partial charge is 0.272 e. The van der Waals surface area contributed by atoms with E-state index < -0.39 is 0 Å². The van der Waals surface area contributed by atoms with Gasteiger partial charge in [-0.15, -0.1) is 0 Å². The number of methoxy groups -OCH3 is 2. The fraction of sp³-hybridized carbons (Fsp3) is 0.125. The number of hydrogen-bond acceptors (Lipinski definition) is 4. The molecule has 2 aromatic carbocycles. The van der Waals surface area contributed by atoms with Gasteiger partial charge in [0.05, 0.1) is 26.0 Å². The van der Waals surface area contributed by atoms with Gasteiger partial charge in [-0.2, -0.15) is 5.10 Å². The molecule has 0 unspecified atom stereocenters. The summed E-state index contributed by atoms with van der Waals surface area (Å²) in [7, 11) is 3.11. The van der Waals surface area contributed by atoms with Gasteiger partial charge in [-0.1, -0.05) is 18.2 Å². The Balaban J connectivity index is 2.13. The van der Waals surface area contributed by atoms with Crippen LogP contribution in [0.2, 0.25) is 0 Å². The first-order chi connectivity index (χ1) is 10.7. The molecular formula is C16H15BrN2O3. The van der Waals surface area contributed by atoms with Crippen LogP contribution in [-0.2, 0) is 0 Å². The van der Waals surface area contributed by atoms with Crippen molar-refractivity contribution in [2.45, 2.75) is 0 Å². The SMILES string of the molecule is COc1cccc(C=NNC(=O)c2ccccc2Br)c1OC. The molecule has 1 amide bonds. The summed E-state index contributed by atoms with van der Waals surface area (Å²) in [5, 5.41) is 3.96. The van der Waals surface area contributed by atoms with Crippen LogP contribution in [0.3, 0.4) is 0 Å². The van der Waals surface area contributed by atoms with Crippen molar-refractivity contribution in [1.82, 2.24) is 5.43 Å². The molecule has 0 aliphatic rings. The zero-order valence-electron chi connectivity index (χ0n) is 12.2. The summed E-state index contributed by atoms with van der Waals surface area (Å²) in [5.74, 6) is 0.859. The second-order valence-electron chi connectivity index (χ2n) is 4.26. The third-order valence-corrected chi connectivity index (χ3v) is 3.61. The molecule has 22 heavy (non-hydrogen) atoms. The fourth-order valence-corrected chi connectivity index (χ4v) is 2.34. The maximum atomic E-state index is 12.0. The van der Waals surface area contributed by atoms with Crippen LogP contribution in [-0.4, -0.2) is 26.3 Å². The summed E-state index contributed by atoms with van der Waals surface area (Å²) in [5.41, 5.74) is 3.70. The van der Waals surface area contributed by atoms with Gasteiger partial charge >= 0.3 is 0 Å². The zero-order valence-corrected chi connectivity index (χ0v) is 13.8. The average molecular weight is 363 g/mol. The van der Waals surface area contributed by atoms with Crippen molar-refractivity contribution < 1.29 is 14.3 Å². The molecule has 0 radical (unpaired) electrons. The van der Waals surface area contributed by atoms with Gasteiger partial charge in [-0.05, 0) is 40.2 Å². The molecule has 0 fully saturated rings. The molecule has 0 saturated carbocycles. The zero-order chi connectivity index (χ0) is 15.9. The van der Waals surface area contributed by atoms with Gasteiger partial charge in [0, 0.05) is 10.0 Å². The van der Waals surface area contributed by atoms with Gasteiger partial charge in [0.15, 0.2) is 11.5 Å². The van der Waals surface area contributed by atoms with E-state index in [2.05, 4.69) is 26.5 Å². The fourth-order valence-electron chi connectivity index (χ4n) is 1.88. The number of ether oxygens (including phenoxy) is 2. The van der Waals surface area contributed by atoms with Gasteiger partial charge in [-0.3, -0.25) is 4.79 Å². The number of halogens is 1. The van der Waals surface area contributed by atoms with Crippen molar-refractivity contribution in [3.8, 4) is 11.5 Å². The number of benzene rings is 2. The maximum absolute atomic E-state index is 12.0. The highest BCUT2D eigenvalue weighted by molar-refractivity contribution is 9.10. The lowest BCUT2D eigenvalue weighted by Crippen LogP contribution is -2.18. The Kier molecular flexibility index (Phi) is 5.55. The Hall–Kier alpha value is -2.34. The van der Waals surface area contributed by atoms with E-state index in [9.17, 15) is 4.79 Å². The van der Waals surface area contributed by atoms with E-state index in [1.54, 1.807) is 38.5 Å². The van der Waals surface area contributed by atoms with Crippen molar-refractivity contribution in [3.63, 3.8) is 0 Å². The van der Waals surface area contributed by atoms with Crippen LogP contribution in [0.1, 0.15) is 15.9 Å². The topological polar surface area (TPSA) is 59.9 Å². The van der Waals surface area contributed by atoms with Crippen LogP contribution in [0, 0.1) is 0 Å². The van der Waals surface area contributed by atoms with E-state index in [-0.39, 0.29) is 5.91 Å². The summed E-state index contributed by atoms with van der Waals surface area (Å²) in [6.45, 7) is 0. The Bertz CT molecular complexity index is 702. The van der Waals surface area contributed by atoms with Gasteiger partial charge in [0.2, 0.25) is 0 Å². The summed E-state index contributed by atoms with van der Waals surface area (Å²) in [4.78, 5) is 12.0. The van der Waals surface area contributed by atoms with E-state index in [1.807, 2.05) is 18.2 Å². The highest BCUT2D eigenvalue weighted by atomic mass is 79.9. The Morgan fingerprint density at radius 2 is 1.91 bits per heavy atom. The molecule has 0 saturated heterocycles. The standard InChI is InChI=1S/C16H15BrN2O3/c1-21-14-9-5-6-11(15(14)22-2)10-18-19-16(20)12-7-3-4-8-13(12)17/h3-10H,1-2H3,(H,19,20). The lowest BCUT2D eigenvalue weighted by molar-refractivity contribution is 0.0954. The summed E-state index contributed by atoms with van der Waals surface area (Å²) >= 11 is 3.33. The Morgan fingerprint density at radius 3 is 2.59 bits per heavy atom. The number of rotatable bonds is 5. The van der Waals surface area contributed by atoms with Crippen LogP contribution in [0.5, 0.6) is 11.5 Å². The molecule has 2 aromatic rings. The first-order valence-corrected chi connectivity index (χ1v) is 7.25. The van der Waals surface area contributed by atoms with E-state index in [0.717, 1.165) is 0 Å². The lowest BCUT2D eigenvalue weighted by Gasteiger charge is -2.09. The van der Waals surface area contributed by atoms with Gasteiger partial charge in [-0.25, -0.2) is 5.43 Å². The minimum absolute atomic E-state index is 0.300. The number of nitrogens with zero attached hydrogens (tertiary/aromatic N) is 1. The van der Waals surface area contributed by atoms with Crippen molar-refractivity contribution in [2.24, 2.45) is 5.10 Å². The monoisotopic (exact) mass is 362 g/mol. The van der Waals surface area contributed by atoms with Gasteiger partial charge < -0.3 is 9.47 Å². The number of hydrazone groups is 1. The minimum Gasteiger partial charge on any atom is -0.493 e. The molecule has 6 heteroatoms. The van der Waals surface area contributed by atoms with E-state index >= 15 is 0 Å². The molecule has 0 aliphatic carbocycles. The first kappa shape index (κ1) is 16.0. The lowest BCUT2D eigenvalue weighted by atomic mass is 10.2. The van der Waals surface area contributed by atoms with Crippen molar-refractivity contribution >= 4 is 28.1 Å². The number of para-hydroxylation sites is 1. The second kappa shape index (κ2) is 7.61. The van der Waals surface area contributed by atoms with E-state index in [1.165, 1.54) is 6.21 Å². The molecule has 0 heterocycles. The number of hydrogen-bond donors (Lipinski definition) is 1. The number of carbonyl (C=O) groups is 1. The summed E-state index contributed by atoms with van der Waals surface area (Å²) < 4.78 is 11.2. The van der Waals surface area contributed by atoms with Crippen LogP contribution >= 0.6 is 15.9 Å². The molecule has 0 spiro atoms. The van der Waals surface area contributed by atoms with Gasteiger partial charge in [0.1, 0.15) is 0 Å². The molecule has 0 bridgehead atoms. The average Bonchev–Trinajstić information content (AvgIpc) is 2.54. The van der Waals surface area contributed by atoms with Crippen LogP contribution in [0.25, 0.3) is 0 Å². The van der Waals surface area contributed by atoms with E-state index in [4.69, 9.17) is 9.47 Å². The number of nitrogens with one attached hydrogen (secondary N) is 1. The Morgan fingerprint density at radius 1 is 1.14 bits per heavy atom. The maximum Gasteiger partial charge on any atom is 0.272 e. The Labute approximate surface area is 137 Å². The minimum atomic E-state index is -0.300. The summed E-state index contributed by atoms with van der Waals surface area (Å²) in [6, 6.07) is 12.5. The second-order valence-corrected chi connectivity index (χ2v) is 5.12. The number of amides is 1. The van der Waals surface area contributed by atoms with Crippen molar-refractivity contribution in [3.05, 3.63) is 58.1 Å². The van der Waals surface area contributed by atoms with Crippen LogP contribution in [0.4, 0.5) is 0 Å². The quantitative estimate of drug-likeness (QED) is 0.656. The normalized spacial score (nSPS) is 10.5. The largest absolute Gasteiger partial charge is 0.493 e. The first-order valence-electron chi connectivity index (χ1n) is 6.46. The number of carbonyl (C=O) groups excluding carboxylic acids is 1. The van der Waals surface area contributed by atoms with Crippen molar-refractivity contribution in [2.75, 3.05) is 14.2 Å². The van der Waals surface area contributed by atoms with Crippen LogP contribution in [0.15, 0.2) is 52.0 Å².